The molecule has 8 aromatic rings. The van der Waals surface area contributed by atoms with Gasteiger partial charge in [-0.05, 0) is 275 Å². The lowest BCUT2D eigenvalue weighted by atomic mass is 9.93. The average molecular weight is 1400 g/mol. The molecule has 4 atom stereocenters. The van der Waals surface area contributed by atoms with E-state index in [-0.39, 0.29) is 24.2 Å². The van der Waals surface area contributed by atoms with Crippen LogP contribution < -0.4 is 67.1 Å². The Labute approximate surface area is 624 Å². The molecule has 0 saturated carbocycles. The summed E-state index contributed by atoms with van der Waals surface area (Å²) in [5.74, 6) is 2.04. The van der Waals surface area contributed by atoms with E-state index in [4.69, 9.17) is 45.9 Å². The standard InChI is InChI=1S/3C23H35N3.C22H33N3/c24-18-23(25)12-7-17-26-19-22(15-13-20-8-3-1-4-9-20)16-14-21-10-5-2-6-11-21;24-17-7-12-23(25)19-26-18-22(15-13-20-8-3-1-4-9-20)16-14-21-10-5-2-6-11-21;24-17-15-23(25)16-18-26-19-22(13-11-20-7-3-1-4-8-20)14-12-21-9-5-2-6-10-21;23-17-15-21(24)16-18-25-22(13-11-19-7-3-1-4-8-19)14-12-20-9-5-2-6-10-20/h2*1-6,8-11,22-23,26H,7,12-19,24-25H2;1-10,22-23,26H,11-19,24-25H2;1-10,21-22,25H,11-18,23-24H2/t3*23-;21-/m0000/s1. The quantitative estimate of drug-likeness (QED) is 0.0159. The van der Waals surface area contributed by atoms with Gasteiger partial charge in [0, 0.05) is 43.3 Å². The first kappa shape index (κ1) is 86.9. The van der Waals surface area contributed by atoms with Gasteiger partial charge in [0.1, 0.15) is 0 Å². The molecule has 8 rings (SSSR count). The van der Waals surface area contributed by atoms with Crippen LogP contribution in [0.25, 0.3) is 0 Å². The SMILES string of the molecule is NCCC[C@H](N)CNCC(CCc1ccccc1)CCc1ccccc1.NCC[C@H](N)CCNC(CCc1ccccc1)CCc1ccccc1.NCC[C@H](N)CCNCC(CCc1ccccc1)CCc1ccccc1.NC[C@@H](N)CCCNCC(CCc1ccccc1)CCc1ccccc1. The molecule has 8 aromatic carbocycles. The van der Waals surface area contributed by atoms with Gasteiger partial charge in [-0.15, -0.1) is 0 Å². The number of nitrogens with two attached hydrogens (primary N) is 8. The van der Waals surface area contributed by atoms with Gasteiger partial charge >= 0.3 is 0 Å². The van der Waals surface area contributed by atoms with Gasteiger partial charge in [0.25, 0.3) is 0 Å². The van der Waals surface area contributed by atoms with Crippen molar-refractivity contribution < 1.29 is 0 Å². The second kappa shape index (κ2) is 58.5. The largest absolute Gasteiger partial charge is 0.330 e. The van der Waals surface area contributed by atoms with E-state index >= 15 is 0 Å². The molecule has 0 fully saturated rings. The van der Waals surface area contributed by atoms with Gasteiger partial charge in [-0.2, -0.15) is 0 Å². The third-order valence-electron chi connectivity index (χ3n) is 19.8. The smallest absolute Gasteiger partial charge is 0.0165 e. The number of aryl methyl sites for hydroxylation is 8. The first-order chi connectivity index (χ1) is 50.6. The lowest BCUT2D eigenvalue weighted by Crippen LogP contribution is -2.36. The number of hydrogen-bond donors (Lipinski definition) is 12. The van der Waals surface area contributed by atoms with Gasteiger partial charge in [-0.3, -0.25) is 0 Å². The maximum atomic E-state index is 6.16. The molecule has 0 aliphatic rings. The summed E-state index contributed by atoms with van der Waals surface area (Å²) in [6, 6.07) is 87.6. The molecule has 0 aliphatic carbocycles. The molecule has 20 N–H and O–H groups in total. The van der Waals surface area contributed by atoms with Gasteiger partial charge < -0.3 is 67.1 Å². The molecular weight excluding hydrogens is 1260 g/mol. The van der Waals surface area contributed by atoms with E-state index in [2.05, 4.69) is 264 Å². The van der Waals surface area contributed by atoms with E-state index in [1.807, 2.05) is 0 Å². The van der Waals surface area contributed by atoms with Crippen molar-refractivity contribution in [3.8, 4) is 0 Å². The minimum absolute atomic E-state index is 0.142. The highest BCUT2D eigenvalue weighted by Gasteiger charge is 2.15. The summed E-state index contributed by atoms with van der Waals surface area (Å²) in [7, 11) is 0. The van der Waals surface area contributed by atoms with Crippen LogP contribution in [0.1, 0.15) is 147 Å². The lowest BCUT2D eigenvalue weighted by molar-refractivity contribution is 0.405. The van der Waals surface area contributed by atoms with Gasteiger partial charge in [-0.1, -0.05) is 243 Å². The van der Waals surface area contributed by atoms with Crippen LogP contribution in [0.3, 0.4) is 0 Å². The Balaban J connectivity index is 0.000000247. The van der Waals surface area contributed by atoms with E-state index in [0.717, 1.165) is 168 Å². The maximum Gasteiger partial charge on any atom is 0.0165 e. The number of hydrogen-bond acceptors (Lipinski definition) is 12. The second-order valence-electron chi connectivity index (χ2n) is 28.6. The summed E-state index contributed by atoms with van der Waals surface area (Å²) < 4.78 is 0. The Kier molecular flexibility index (Phi) is 49.4. The molecule has 12 heteroatoms. The van der Waals surface area contributed by atoms with Gasteiger partial charge in [-0.25, -0.2) is 0 Å². The van der Waals surface area contributed by atoms with Crippen LogP contribution in [0.15, 0.2) is 243 Å². The van der Waals surface area contributed by atoms with Gasteiger partial charge in [0.05, 0.1) is 0 Å². The highest BCUT2D eigenvalue weighted by molar-refractivity contribution is 5.21. The molecule has 0 unspecified atom stereocenters. The van der Waals surface area contributed by atoms with Crippen LogP contribution in [0.4, 0.5) is 0 Å². The fourth-order valence-corrected chi connectivity index (χ4v) is 13.1. The first-order valence-corrected chi connectivity index (χ1v) is 39.6. The third kappa shape index (κ3) is 44.6. The fraction of sp³-hybridized carbons (Fsp3) is 0.473. The monoisotopic (exact) mass is 1400 g/mol. The molecular formula is C91H138N12. The topological polar surface area (TPSA) is 256 Å². The zero-order chi connectivity index (χ0) is 73.1. The minimum atomic E-state index is 0.142. The summed E-state index contributed by atoms with van der Waals surface area (Å²) in [5, 5.41) is 14.6. The van der Waals surface area contributed by atoms with Crippen molar-refractivity contribution >= 4 is 0 Å². The Morgan fingerprint density at radius 3 is 0.786 bits per heavy atom. The molecule has 0 spiro atoms. The van der Waals surface area contributed by atoms with Crippen LogP contribution in [-0.4, -0.2) is 102 Å². The van der Waals surface area contributed by atoms with Crippen molar-refractivity contribution in [2.75, 3.05) is 72.0 Å². The number of benzene rings is 8. The molecule has 12 nitrogen and oxygen atoms in total. The predicted molar refractivity (Wildman–Crippen MR) is 444 cm³/mol. The predicted octanol–water partition coefficient (Wildman–Crippen LogP) is 13.8. The van der Waals surface area contributed by atoms with Crippen LogP contribution in [-0.2, 0) is 51.4 Å². The zero-order valence-corrected chi connectivity index (χ0v) is 63.1. The summed E-state index contributed by atoms with van der Waals surface area (Å²) in [4.78, 5) is 0. The van der Waals surface area contributed by atoms with Crippen molar-refractivity contribution in [3.05, 3.63) is 287 Å². The van der Waals surface area contributed by atoms with Crippen molar-refractivity contribution in [1.82, 2.24) is 21.3 Å². The fourth-order valence-electron chi connectivity index (χ4n) is 13.1. The van der Waals surface area contributed by atoms with Gasteiger partial charge in [0.15, 0.2) is 0 Å². The molecule has 0 aliphatic heterocycles. The summed E-state index contributed by atoms with van der Waals surface area (Å²) >= 11 is 0. The molecule has 0 bridgehead atoms. The van der Waals surface area contributed by atoms with Crippen LogP contribution in [0.5, 0.6) is 0 Å². The van der Waals surface area contributed by atoms with Crippen LogP contribution in [0.2, 0.25) is 0 Å². The first-order valence-electron chi connectivity index (χ1n) is 39.6. The van der Waals surface area contributed by atoms with E-state index < -0.39 is 0 Å². The van der Waals surface area contributed by atoms with E-state index in [1.165, 1.54) is 83.0 Å². The van der Waals surface area contributed by atoms with Crippen LogP contribution >= 0.6 is 0 Å². The van der Waals surface area contributed by atoms with Crippen molar-refractivity contribution in [3.63, 3.8) is 0 Å². The molecule has 0 radical (unpaired) electrons. The molecule has 562 valence electrons. The Morgan fingerprint density at radius 1 is 0.223 bits per heavy atom. The average Bonchev–Trinajstić information content (AvgIpc) is 1.41. The van der Waals surface area contributed by atoms with E-state index in [0.29, 0.717) is 43.4 Å². The van der Waals surface area contributed by atoms with Crippen molar-refractivity contribution in [1.29, 1.82) is 0 Å². The normalized spacial score (nSPS) is 12.4. The number of rotatable bonds is 51. The van der Waals surface area contributed by atoms with E-state index in [9.17, 15) is 0 Å². The Bertz CT molecular complexity index is 2950. The number of nitrogens with one attached hydrogen (secondary N) is 4. The summed E-state index contributed by atoms with van der Waals surface area (Å²) in [5.41, 5.74) is 57.9. The third-order valence-corrected chi connectivity index (χ3v) is 19.8. The molecule has 0 heterocycles. The highest BCUT2D eigenvalue weighted by atomic mass is 14.9. The molecule has 103 heavy (non-hydrogen) atoms. The Hall–Kier alpha value is -6.72. The second-order valence-corrected chi connectivity index (χ2v) is 28.6. The van der Waals surface area contributed by atoms with Crippen molar-refractivity contribution in [2.24, 2.45) is 63.6 Å². The van der Waals surface area contributed by atoms with E-state index in [1.54, 1.807) is 0 Å². The Morgan fingerprint density at radius 2 is 0.495 bits per heavy atom. The molecule has 0 amide bonds. The van der Waals surface area contributed by atoms with Crippen molar-refractivity contribution in [2.45, 2.75) is 184 Å². The zero-order valence-electron chi connectivity index (χ0n) is 63.1. The maximum absolute atomic E-state index is 6.16. The highest BCUT2D eigenvalue weighted by Crippen LogP contribution is 2.21. The lowest BCUT2D eigenvalue weighted by Gasteiger charge is -2.20. The van der Waals surface area contributed by atoms with Crippen LogP contribution in [0, 0.1) is 17.8 Å². The molecule has 0 aromatic heterocycles. The molecule has 0 saturated heterocycles. The van der Waals surface area contributed by atoms with Gasteiger partial charge in [0.2, 0.25) is 0 Å². The summed E-state index contributed by atoms with van der Waals surface area (Å²) in [6.45, 7) is 9.70. The minimum Gasteiger partial charge on any atom is -0.330 e. The summed E-state index contributed by atoms with van der Waals surface area (Å²) in [6.07, 6.45) is 26.7.